The first kappa shape index (κ1) is 10.9. The van der Waals surface area contributed by atoms with Gasteiger partial charge in [-0.2, -0.15) is 0 Å². The molecule has 1 aliphatic rings. The Balaban J connectivity index is 1.94. The van der Waals surface area contributed by atoms with E-state index in [4.69, 9.17) is 11.6 Å². The summed E-state index contributed by atoms with van der Waals surface area (Å²) in [7, 11) is 0. The van der Waals surface area contributed by atoms with Gasteiger partial charge in [0.1, 0.15) is 4.88 Å². The van der Waals surface area contributed by atoms with E-state index in [1.807, 2.05) is 5.38 Å². The Morgan fingerprint density at radius 2 is 2.27 bits per heavy atom. The molecule has 0 radical (unpaired) electrons. The molecule has 0 unspecified atom stereocenters. The molecule has 82 valence electrons. The van der Waals surface area contributed by atoms with Crippen molar-refractivity contribution in [1.82, 2.24) is 10.6 Å². The number of nitrogens with one attached hydrogen (secondary N) is 2. The van der Waals surface area contributed by atoms with Crippen LogP contribution >= 0.6 is 22.9 Å². The minimum atomic E-state index is -0.0399. The maximum Gasteiger partial charge on any atom is 0.263 e. The van der Waals surface area contributed by atoms with Gasteiger partial charge in [-0.25, -0.2) is 0 Å². The molecule has 1 amide bonds. The Hall–Kier alpha value is -0.580. The third-order valence-corrected chi connectivity index (χ3v) is 3.84. The van der Waals surface area contributed by atoms with Crippen molar-refractivity contribution in [3.8, 4) is 0 Å². The summed E-state index contributed by atoms with van der Waals surface area (Å²) >= 11 is 7.28. The maximum absolute atomic E-state index is 11.8. The van der Waals surface area contributed by atoms with Crippen LogP contribution in [0.4, 0.5) is 0 Å². The van der Waals surface area contributed by atoms with E-state index in [9.17, 15) is 4.79 Å². The van der Waals surface area contributed by atoms with Gasteiger partial charge in [-0.3, -0.25) is 4.79 Å². The van der Waals surface area contributed by atoms with Crippen LogP contribution in [0.5, 0.6) is 0 Å². The lowest BCUT2D eigenvalue weighted by Gasteiger charge is -2.23. The summed E-state index contributed by atoms with van der Waals surface area (Å²) in [6.45, 7) is 1.95. The van der Waals surface area contributed by atoms with Crippen molar-refractivity contribution < 1.29 is 4.79 Å². The highest BCUT2D eigenvalue weighted by Crippen LogP contribution is 2.22. The monoisotopic (exact) mass is 244 g/mol. The lowest BCUT2D eigenvalue weighted by atomic mass is 10.1. The first-order valence-electron chi connectivity index (χ1n) is 5.02. The zero-order valence-corrected chi connectivity index (χ0v) is 9.83. The van der Waals surface area contributed by atoms with E-state index in [0.717, 1.165) is 25.9 Å². The molecule has 0 atom stereocenters. The van der Waals surface area contributed by atoms with Gasteiger partial charge < -0.3 is 10.6 Å². The van der Waals surface area contributed by atoms with Gasteiger partial charge in [-0.1, -0.05) is 11.6 Å². The smallest absolute Gasteiger partial charge is 0.263 e. The zero-order valence-electron chi connectivity index (χ0n) is 8.25. The van der Waals surface area contributed by atoms with Gasteiger partial charge in [0.15, 0.2) is 0 Å². The Morgan fingerprint density at radius 1 is 1.53 bits per heavy atom. The van der Waals surface area contributed by atoms with Gasteiger partial charge >= 0.3 is 0 Å². The number of hydrogen-bond donors (Lipinski definition) is 2. The normalized spacial score (nSPS) is 17.7. The number of halogens is 1. The highest BCUT2D eigenvalue weighted by molar-refractivity contribution is 7.12. The van der Waals surface area contributed by atoms with E-state index in [-0.39, 0.29) is 11.9 Å². The van der Waals surface area contributed by atoms with Crippen LogP contribution in [-0.2, 0) is 0 Å². The van der Waals surface area contributed by atoms with E-state index in [0.29, 0.717) is 9.90 Å². The van der Waals surface area contributed by atoms with Crippen molar-refractivity contribution in [3.05, 3.63) is 21.3 Å². The molecule has 2 heterocycles. The second-order valence-corrected chi connectivity index (χ2v) is 4.92. The molecule has 0 aliphatic carbocycles. The Kier molecular flexibility index (Phi) is 3.61. The second kappa shape index (κ2) is 4.96. The number of rotatable bonds is 2. The van der Waals surface area contributed by atoms with Crippen LogP contribution in [0, 0.1) is 0 Å². The predicted molar refractivity (Wildman–Crippen MR) is 62.7 cm³/mol. The van der Waals surface area contributed by atoms with Crippen LogP contribution in [0.15, 0.2) is 11.4 Å². The molecule has 0 saturated carbocycles. The van der Waals surface area contributed by atoms with Gasteiger partial charge in [0.25, 0.3) is 5.91 Å². The van der Waals surface area contributed by atoms with Crippen molar-refractivity contribution >= 4 is 28.8 Å². The molecule has 1 aliphatic heterocycles. The van der Waals surface area contributed by atoms with Gasteiger partial charge in [0, 0.05) is 6.04 Å². The van der Waals surface area contributed by atoms with Gasteiger partial charge in [0.05, 0.1) is 5.02 Å². The first-order valence-corrected chi connectivity index (χ1v) is 6.27. The van der Waals surface area contributed by atoms with Crippen molar-refractivity contribution in [2.45, 2.75) is 18.9 Å². The number of piperidine rings is 1. The molecular formula is C10H13ClN2OS. The van der Waals surface area contributed by atoms with E-state index in [1.165, 1.54) is 11.3 Å². The number of thiophene rings is 1. The second-order valence-electron chi connectivity index (χ2n) is 3.60. The average molecular weight is 245 g/mol. The summed E-state index contributed by atoms with van der Waals surface area (Å²) in [5.74, 6) is -0.0399. The fraction of sp³-hybridized carbons (Fsp3) is 0.500. The molecule has 0 spiro atoms. The molecule has 2 N–H and O–H groups in total. The summed E-state index contributed by atoms with van der Waals surface area (Å²) < 4.78 is 0. The minimum absolute atomic E-state index is 0.0399. The van der Waals surface area contributed by atoms with Crippen molar-refractivity contribution in [3.63, 3.8) is 0 Å². The van der Waals surface area contributed by atoms with E-state index in [1.54, 1.807) is 6.07 Å². The molecule has 2 rings (SSSR count). The minimum Gasteiger partial charge on any atom is -0.348 e. The topological polar surface area (TPSA) is 41.1 Å². The van der Waals surface area contributed by atoms with Crippen LogP contribution in [0.1, 0.15) is 22.5 Å². The molecule has 0 aromatic carbocycles. The highest BCUT2D eigenvalue weighted by Gasteiger charge is 2.18. The fourth-order valence-electron chi connectivity index (χ4n) is 1.67. The van der Waals surface area contributed by atoms with E-state index in [2.05, 4.69) is 10.6 Å². The van der Waals surface area contributed by atoms with Crippen molar-refractivity contribution in [1.29, 1.82) is 0 Å². The SMILES string of the molecule is O=C(NC1CCNCC1)c1sccc1Cl. The van der Waals surface area contributed by atoms with E-state index >= 15 is 0 Å². The molecular weight excluding hydrogens is 232 g/mol. The summed E-state index contributed by atoms with van der Waals surface area (Å²) in [6, 6.07) is 2.04. The number of amides is 1. The third kappa shape index (κ3) is 2.71. The molecule has 1 aromatic heterocycles. The number of carbonyl (C=O) groups excluding carboxylic acids is 1. The first-order chi connectivity index (χ1) is 7.27. The van der Waals surface area contributed by atoms with Crippen LogP contribution in [0.2, 0.25) is 5.02 Å². The standard InChI is InChI=1S/C10H13ClN2OS/c11-8-3-6-15-9(8)10(14)13-7-1-4-12-5-2-7/h3,6-7,12H,1-2,4-5H2,(H,13,14). The summed E-state index contributed by atoms with van der Waals surface area (Å²) in [5.41, 5.74) is 0. The lowest BCUT2D eigenvalue weighted by Crippen LogP contribution is -2.42. The molecule has 3 nitrogen and oxygen atoms in total. The molecule has 1 aromatic rings. The third-order valence-electron chi connectivity index (χ3n) is 2.50. The van der Waals surface area contributed by atoms with Crippen molar-refractivity contribution in [2.75, 3.05) is 13.1 Å². The Labute approximate surface area is 97.8 Å². The number of hydrogen-bond acceptors (Lipinski definition) is 3. The lowest BCUT2D eigenvalue weighted by molar-refractivity contribution is 0.0934. The Bertz CT molecular complexity index is 347. The van der Waals surface area contributed by atoms with Crippen LogP contribution < -0.4 is 10.6 Å². The predicted octanol–water partition coefficient (Wildman–Crippen LogP) is 1.88. The number of carbonyl (C=O) groups is 1. The molecule has 15 heavy (non-hydrogen) atoms. The molecule has 1 saturated heterocycles. The van der Waals surface area contributed by atoms with E-state index < -0.39 is 0 Å². The fourth-order valence-corrected chi connectivity index (χ4v) is 2.72. The molecule has 5 heteroatoms. The summed E-state index contributed by atoms with van der Waals surface area (Å²) in [5, 5.41) is 8.65. The summed E-state index contributed by atoms with van der Waals surface area (Å²) in [4.78, 5) is 12.4. The van der Waals surface area contributed by atoms with Gasteiger partial charge in [-0.15, -0.1) is 11.3 Å². The molecule has 1 fully saturated rings. The van der Waals surface area contributed by atoms with Crippen molar-refractivity contribution in [2.24, 2.45) is 0 Å². The zero-order chi connectivity index (χ0) is 10.7. The Morgan fingerprint density at radius 3 is 2.87 bits per heavy atom. The van der Waals surface area contributed by atoms with Gasteiger partial charge in [0.2, 0.25) is 0 Å². The summed E-state index contributed by atoms with van der Waals surface area (Å²) in [6.07, 6.45) is 1.99. The maximum atomic E-state index is 11.8. The van der Waals surface area contributed by atoms with Crippen LogP contribution in [0.3, 0.4) is 0 Å². The van der Waals surface area contributed by atoms with Crippen LogP contribution in [-0.4, -0.2) is 25.0 Å². The van der Waals surface area contributed by atoms with Crippen LogP contribution in [0.25, 0.3) is 0 Å². The average Bonchev–Trinajstić information content (AvgIpc) is 2.66. The highest BCUT2D eigenvalue weighted by atomic mass is 35.5. The quantitative estimate of drug-likeness (QED) is 0.834. The largest absolute Gasteiger partial charge is 0.348 e. The van der Waals surface area contributed by atoms with Gasteiger partial charge in [-0.05, 0) is 37.4 Å². The molecule has 0 bridgehead atoms.